The monoisotopic (exact) mass is 600 g/mol. The Hall–Kier alpha value is -3.51. The second kappa shape index (κ2) is 14.1. The predicted octanol–water partition coefficient (Wildman–Crippen LogP) is 6.03. The average Bonchev–Trinajstić information content (AvgIpc) is 3.33. The summed E-state index contributed by atoms with van der Waals surface area (Å²) in [5.74, 6) is -0.535. The Morgan fingerprint density at radius 3 is 2.64 bits per heavy atom. The smallest absolute Gasteiger partial charge is 0.310 e. The summed E-state index contributed by atoms with van der Waals surface area (Å²) >= 11 is -1.42. The molecule has 8 nitrogen and oxygen atoms in total. The molecule has 11 heteroatoms. The lowest BCUT2D eigenvalue weighted by atomic mass is 10.00. The van der Waals surface area contributed by atoms with Gasteiger partial charge in [-0.3, -0.25) is 9.78 Å². The Morgan fingerprint density at radius 2 is 1.88 bits per heavy atom. The van der Waals surface area contributed by atoms with Crippen LogP contribution in [0.2, 0.25) is 0 Å². The highest BCUT2D eigenvalue weighted by Gasteiger charge is 2.27. The first-order chi connectivity index (χ1) is 20.1. The highest BCUT2D eigenvalue weighted by Crippen LogP contribution is 2.35. The van der Waals surface area contributed by atoms with E-state index < -0.39 is 27.9 Å². The summed E-state index contributed by atoms with van der Waals surface area (Å²) in [6, 6.07) is 12.4. The Labute approximate surface area is 246 Å². The molecule has 0 radical (unpaired) electrons. The van der Waals surface area contributed by atoms with Gasteiger partial charge in [0.15, 0.2) is 5.82 Å². The number of esters is 1. The van der Waals surface area contributed by atoms with Crippen molar-refractivity contribution in [2.45, 2.75) is 51.5 Å². The largest absolute Gasteiger partial charge is 0.598 e. The number of para-hydroxylation sites is 1. The highest BCUT2D eigenvalue weighted by molar-refractivity contribution is 7.90. The summed E-state index contributed by atoms with van der Waals surface area (Å²) in [5.41, 5.74) is 1.99. The van der Waals surface area contributed by atoms with E-state index in [1.807, 2.05) is 0 Å². The number of fused-ring (bicyclic) bond motifs is 1. The minimum atomic E-state index is -1.42. The lowest BCUT2D eigenvalue weighted by Gasteiger charge is -2.23. The number of hydrogen-bond acceptors (Lipinski definition) is 8. The molecule has 0 bridgehead atoms. The summed E-state index contributed by atoms with van der Waals surface area (Å²) in [4.78, 5) is 16.4. The topological polar surface area (TPSA) is 106 Å². The molecule has 2 aromatic heterocycles. The number of aromatic nitrogens is 1. The fraction of sp³-hybridized carbons (Fsp3) is 0.355. The van der Waals surface area contributed by atoms with Crippen LogP contribution in [0.1, 0.15) is 44.0 Å². The van der Waals surface area contributed by atoms with E-state index in [9.17, 15) is 13.7 Å². The summed E-state index contributed by atoms with van der Waals surface area (Å²) < 4.78 is 66.2. The molecule has 0 aliphatic heterocycles. The number of halogens is 2. The first-order valence-corrected chi connectivity index (χ1v) is 14.6. The van der Waals surface area contributed by atoms with Crippen LogP contribution in [0.5, 0.6) is 5.75 Å². The molecule has 0 fully saturated rings. The van der Waals surface area contributed by atoms with Crippen LogP contribution in [0.3, 0.4) is 0 Å². The fourth-order valence-corrected chi connectivity index (χ4v) is 4.88. The van der Waals surface area contributed by atoms with Crippen molar-refractivity contribution in [3.8, 4) is 16.9 Å². The zero-order valence-corrected chi connectivity index (χ0v) is 24.8. The molecule has 0 saturated heterocycles. The summed E-state index contributed by atoms with van der Waals surface area (Å²) in [7, 11) is 1.58. The van der Waals surface area contributed by atoms with Crippen molar-refractivity contribution in [1.82, 2.24) is 9.71 Å². The fourth-order valence-electron chi connectivity index (χ4n) is 4.18. The normalized spacial score (nSPS) is 12.5. The molecule has 2 aromatic carbocycles. The first kappa shape index (κ1) is 31.4. The van der Waals surface area contributed by atoms with Crippen molar-refractivity contribution in [2.75, 3.05) is 20.3 Å². The van der Waals surface area contributed by atoms with E-state index in [-0.39, 0.29) is 49.0 Å². The molecular weight excluding hydrogens is 566 g/mol. The van der Waals surface area contributed by atoms with Gasteiger partial charge in [-0.05, 0) is 50.6 Å². The molecule has 0 amide bonds. The predicted molar refractivity (Wildman–Crippen MR) is 156 cm³/mol. The Bertz CT molecular complexity index is 1520. The number of methoxy groups -OCH3 is 1. The van der Waals surface area contributed by atoms with Gasteiger partial charge in [0.1, 0.15) is 22.7 Å². The minimum absolute atomic E-state index is 0.0272. The van der Waals surface area contributed by atoms with Gasteiger partial charge in [0.25, 0.3) is 6.01 Å². The molecule has 4 rings (SSSR count). The van der Waals surface area contributed by atoms with Crippen molar-refractivity contribution in [3.05, 3.63) is 83.4 Å². The number of carbonyl (C=O) groups excluding carboxylic acids is 1. The van der Waals surface area contributed by atoms with Crippen LogP contribution < -0.4 is 9.46 Å². The lowest BCUT2D eigenvalue weighted by Crippen LogP contribution is -2.39. The lowest BCUT2D eigenvalue weighted by molar-refractivity contribution is -0.143. The molecule has 224 valence electrons. The number of pyridine rings is 1. The quantitative estimate of drug-likeness (QED) is 0.113. The zero-order chi connectivity index (χ0) is 30.3. The summed E-state index contributed by atoms with van der Waals surface area (Å²) in [6.45, 7) is 6.17. The number of hydrogen-bond donors (Lipinski definition) is 1. The molecule has 0 unspecified atom stereocenters. The summed E-state index contributed by atoms with van der Waals surface area (Å²) in [5, 5.41) is 0.432. The average molecular weight is 601 g/mol. The molecule has 0 spiro atoms. The van der Waals surface area contributed by atoms with Crippen molar-refractivity contribution in [2.24, 2.45) is 0 Å². The van der Waals surface area contributed by atoms with Gasteiger partial charge in [-0.1, -0.05) is 18.2 Å². The second-order valence-electron chi connectivity index (χ2n) is 10.6. The highest BCUT2D eigenvalue weighted by atomic mass is 32.2. The molecule has 0 saturated carbocycles. The van der Waals surface area contributed by atoms with Gasteiger partial charge in [-0.15, -0.1) is 4.72 Å². The van der Waals surface area contributed by atoms with E-state index in [4.69, 9.17) is 18.6 Å². The third-order valence-corrected chi connectivity index (χ3v) is 7.80. The Morgan fingerprint density at radius 1 is 1.10 bits per heavy atom. The van der Waals surface area contributed by atoms with Crippen LogP contribution in [0.4, 0.5) is 8.78 Å². The van der Waals surface area contributed by atoms with Crippen molar-refractivity contribution < 1.29 is 36.8 Å². The van der Waals surface area contributed by atoms with E-state index in [1.54, 1.807) is 64.3 Å². The number of ether oxygens (including phenoxy) is 3. The second-order valence-corrected chi connectivity index (χ2v) is 12.6. The van der Waals surface area contributed by atoms with Crippen molar-refractivity contribution in [1.29, 1.82) is 0 Å². The molecule has 0 aliphatic rings. The van der Waals surface area contributed by atoms with Crippen LogP contribution in [0, 0.1) is 11.8 Å². The van der Waals surface area contributed by atoms with E-state index in [0.29, 0.717) is 40.9 Å². The van der Waals surface area contributed by atoms with Gasteiger partial charge in [0, 0.05) is 65.8 Å². The van der Waals surface area contributed by atoms with Crippen LogP contribution in [-0.2, 0) is 45.2 Å². The van der Waals surface area contributed by atoms with Crippen molar-refractivity contribution >= 4 is 28.3 Å². The number of carbonyl (C=O) groups is 1. The number of nitrogens with one attached hydrogen (secondary N) is 1. The molecule has 2 heterocycles. The third-order valence-electron chi connectivity index (χ3n) is 6.28. The van der Waals surface area contributed by atoms with Crippen molar-refractivity contribution in [3.63, 3.8) is 0 Å². The number of benzene rings is 2. The van der Waals surface area contributed by atoms with Gasteiger partial charge in [0.2, 0.25) is 0 Å². The third kappa shape index (κ3) is 8.07. The molecule has 1 atom stereocenters. The van der Waals surface area contributed by atoms with E-state index in [0.717, 1.165) is 0 Å². The summed E-state index contributed by atoms with van der Waals surface area (Å²) in [6.07, 6.45) is 2.07. The van der Waals surface area contributed by atoms with Crippen LogP contribution in [0.15, 0.2) is 59.1 Å². The zero-order valence-electron chi connectivity index (χ0n) is 24.0. The molecule has 0 aliphatic carbocycles. The number of furan rings is 1. The Kier molecular flexibility index (Phi) is 10.6. The SMILES string of the molecule is COCCCOC(=O)Cc1ccccc1OCc1cc(-c2ccnc(CN[S@@+]([O-])C(C)(C)C)c2F)c2oc(F)cc2c1. The van der Waals surface area contributed by atoms with Crippen LogP contribution in [0.25, 0.3) is 22.1 Å². The van der Waals surface area contributed by atoms with Crippen LogP contribution in [-0.4, -0.2) is 40.6 Å². The number of rotatable bonds is 13. The molecule has 42 heavy (non-hydrogen) atoms. The molecule has 1 N–H and O–H groups in total. The van der Waals surface area contributed by atoms with Gasteiger partial charge >= 0.3 is 5.97 Å². The first-order valence-electron chi connectivity index (χ1n) is 13.4. The van der Waals surface area contributed by atoms with Crippen LogP contribution >= 0.6 is 0 Å². The van der Waals surface area contributed by atoms with Gasteiger partial charge in [-0.2, -0.15) is 4.39 Å². The minimum Gasteiger partial charge on any atom is -0.598 e. The van der Waals surface area contributed by atoms with Gasteiger partial charge in [0.05, 0.1) is 25.3 Å². The van der Waals surface area contributed by atoms with E-state index >= 15 is 4.39 Å². The maximum Gasteiger partial charge on any atom is 0.310 e. The Balaban J connectivity index is 1.56. The molecular formula is C31H34F2N2O6S. The molecule has 4 aromatic rings. The maximum absolute atomic E-state index is 15.7. The van der Waals surface area contributed by atoms with Gasteiger partial charge < -0.3 is 23.2 Å². The van der Waals surface area contributed by atoms with Gasteiger partial charge in [-0.25, -0.2) is 4.39 Å². The maximum atomic E-state index is 15.7. The standard InChI is InChI=1S/C31H34F2N2O6S/c1-31(2,3)42(37)35-18-25-29(33)23(10-11-34-25)24-15-20(14-22-16-27(32)41-30(22)24)19-40-26-9-6-5-8-21(26)17-28(36)39-13-7-12-38-4/h5-6,8-11,14-16,35H,7,12-13,17-19H2,1-4H3/t42-/m0/s1. The van der Waals surface area contributed by atoms with E-state index in [2.05, 4.69) is 9.71 Å². The van der Waals surface area contributed by atoms with E-state index in [1.165, 1.54) is 18.3 Å². The number of nitrogens with zero attached hydrogens (tertiary/aromatic N) is 1.